The Morgan fingerprint density at radius 2 is 0.600 bits per heavy atom. The number of quaternary nitrogens is 4. The molecular formula is C4H35B11N4O26. The highest BCUT2D eigenvalue weighted by Gasteiger charge is 2.58. The molecule has 5 fully saturated rings. The van der Waals surface area contributed by atoms with Crippen LogP contribution in [0.2, 0.25) is 0 Å². The molecule has 0 radical (unpaired) electrons. The van der Waals surface area contributed by atoms with Crippen molar-refractivity contribution in [3.8, 4) is 0 Å². The summed E-state index contributed by atoms with van der Waals surface area (Å²) in [6, 6.07) is 0. The Labute approximate surface area is 254 Å². The van der Waals surface area contributed by atoms with E-state index in [1.807, 2.05) is 0 Å². The Morgan fingerprint density at radius 3 is 0.844 bits per heavy atom. The highest BCUT2D eigenvalue weighted by atomic mass is 17.0. The van der Waals surface area contributed by atoms with Gasteiger partial charge in [0.15, 0.2) is 0 Å². The third kappa shape index (κ3) is 14.7. The maximum Gasteiger partial charge on any atom is 0.582 e. The minimum Gasteiger partial charge on any atom is -0.680 e. The van der Waals surface area contributed by atoms with Gasteiger partial charge in [0.2, 0.25) is 0 Å². The summed E-state index contributed by atoms with van der Waals surface area (Å²) in [5.74, 6) is 0. The normalized spacial score (nSPS) is 27.8. The van der Waals surface area contributed by atoms with Crippen LogP contribution in [-0.4, -0.2) is 167 Å². The smallest absolute Gasteiger partial charge is 0.582 e. The Kier molecular flexibility index (Phi) is 20.9. The van der Waals surface area contributed by atoms with Crippen molar-refractivity contribution >= 4 is 79.1 Å². The largest absolute Gasteiger partial charge is 0.680 e. The maximum atomic E-state index is 9.47. The van der Waals surface area contributed by atoms with Crippen LogP contribution in [0, 0.1) is 0 Å². The van der Waals surface area contributed by atoms with Crippen LogP contribution in [0.25, 0.3) is 0 Å². The highest BCUT2D eigenvalue weighted by molar-refractivity contribution is 6.87. The molecule has 0 aromatic rings. The molecule has 30 nitrogen and oxygen atoms in total. The van der Waals surface area contributed by atoms with Gasteiger partial charge >= 0.3 is 79.1 Å². The van der Waals surface area contributed by atoms with Gasteiger partial charge in [-0.15, -0.1) is 0 Å². The lowest BCUT2D eigenvalue weighted by Crippen LogP contribution is -2.77. The molecule has 45 heavy (non-hydrogen) atoms. The first-order valence-electron chi connectivity index (χ1n) is 11.9. The van der Waals surface area contributed by atoms with Crippen LogP contribution in [0.1, 0.15) is 0 Å². The molecule has 41 heteroatoms. The van der Waals surface area contributed by atoms with Crippen LogP contribution in [0.4, 0.5) is 0 Å². The SMILES string of the molecule is O.O.O.OB1OB(O)O[B-]2(O1)OB(O)O[B-]1(OB(O)OB(O)O1)O2.OB1O[B-]2(O)OB(O)O[B-](O)(O1)O2.[NH3+]CC[NH3+].[NH3+]CC[NH3+]. The Morgan fingerprint density at radius 1 is 0.378 bits per heavy atom. The first-order chi connectivity index (χ1) is 19.5. The summed E-state index contributed by atoms with van der Waals surface area (Å²) in [7, 11) is -14.3. The second-order valence-corrected chi connectivity index (χ2v) is 7.83. The Bertz CT molecular complexity index is 709. The summed E-state index contributed by atoms with van der Waals surface area (Å²) in [5.41, 5.74) is 14.2. The summed E-state index contributed by atoms with van der Waals surface area (Å²) in [6.45, 7) is -10.2. The molecule has 0 aromatic heterocycles. The zero-order chi connectivity index (χ0) is 31.8. The fourth-order valence-corrected chi connectivity index (χ4v) is 2.87. The number of fused-ring (bicyclic) bond motifs is 2. The molecule has 2 bridgehead atoms. The van der Waals surface area contributed by atoms with Gasteiger partial charge in [0, 0.05) is 0 Å². The van der Waals surface area contributed by atoms with Crippen LogP contribution in [0.5, 0.6) is 0 Å². The molecule has 0 atom stereocenters. The van der Waals surface area contributed by atoms with Crippen molar-refractivity contribution < 1.29 is 149 Å². The van der Waals surface area contributed by atoms with E-state index < -0.39 is 79.1 Å². The minimum atomic E-state index is -3.55. The second kappa shape index (κ2) is 20.1. The van der Waals surface area contributed by atoms with Crippen LogP contribution >= 0.6 is 0 Å². The van der Waals surface area contributed by atoms with E-state index >= 15 is 0 Å². The molecule has 27 N–H and O–H groups in total. The van der Waals surface area contributed by atoms with Gasteiger partial charge in [0.1, 0.15) is 26.2 Å². The quantitative estimate of drug-likeness (QED) is 0.121. The lowest BCUT2D eigenvalue weighted by atomic mass is 9.78. The second-order valence-electron chi connectivity index (χ2n) is 7.83. The molecule has 0 saturated carbocycles. The fraction of sp³-hybridized carbons (Fsp3) is 1.00. The summed E-state index contributed by atoms with van der Waals surface area (Å²) in [5, 5.41) is 82.3. The zero-order valence-electron chi connectivity index (χ0n) is 23.2. The van der Waals surface area contributed by atoms with Crippen LogP contribution in [-0.2, 0) is 64.0 Å². The first kappa shape index (κ1) is 46.6. The molecular weight excluding hydrogens is 639 g/mol. The van der Waals surface area contributed by atoms with E-state index in [9.17, 15) is 35.2 Å². The van der Waals surface area contributed by atoms with E-state index in [1.54, 1.807) is 0 Å². The highest BCUT2D eigenvalue weighted by Crippen LogP contribution is 2.32. The first-order valence-corrected chi connectivity index (χ1v) is 11.9. The van der Waals surface area contributed by atoms with E-state index in [0.717, 1.165) is 26.2 Å². The van der Waals surface area contributed by atoms with Gasteiger partial charge in [-0.3, -0.25) is 0 Å². The van der Waals surface area contributed by atoms with Crippen LogP contribution < -0.4 is 22.9 Å². The lowest BCUT2D eigenvalue weighted by Gasteiger charge is -2.62. The number of hydrogen-bond donors (Lipinski definition) is 13. The van der Waals surface area contributed by atoms with E-state index in [0.29, 0.717) is 0 Å². The Hall–Kier alpha value is -0.486. The monoisotopic (exact) mass is 676 g/mol. The summed E-state index contributed by atoms with van der Waals surface area (Å²) in [4.78, 5) is 0. The molecule has 5 saturated heterocycles. The molecule has 5 aliphatic rings. The van der Waals surface area contributed by atoms with Gasteiger partial charge in [0.05, 0.1) is 0 Å². The van der Waals surface area contributed by atoms with Crippen molar-refractivity contribution in [2.24, 2.45) is 0 Å². The zero-order valence-corrected chi connectivity index (χ0v) is 23.2. The average Bonchev–Trinajstić information content (AvgIpc) is 2.79. The van der Waals surface area contributed by atoms with Crippen LogP contribution in [0.3, 0.4) is 0 Å². The maximum absolute atomic E-state index is 9.47. The van der Waals surface area contributed by atoms with Crippen LogP contribution in [0.15, 0.2) is 0 Å². The fourth-order valence-electron chi connectivity index (χ4n) is 2.87. The molecule has 2 spiro atoms. The van der Waals surface area contributed by atoms with Crippen molar-refractivity contribution in [2.75, 3.05) is 26.2 Å². The molecule has 260 valence electrons. The number of rotatable bonds is 2. The summed E-state index contributed by atoms with van der Waals surface area (Å²) >= 11 is 0. The Balaban J connectivity index is 0. The number of hydrogen-bond acceptors (Lipinski definition) is 23. The summed E-state index contributed by atoms with van der Waals surface area (Å²) < 4.78 is 62.3. The van der Waals surface area contributed by atoms with Crippen molar-refractivity contribution in [1.29, 1.82) is 0 Å². The van der Waals surface area contributed by atoms with Gasteiger partial charge in [-0.25, -0.2) is 0 Å². The van der Waals surface area contributed by atoms with Gasteiger partial charge in [0.25, 0.3) is 0 Å². The molecule has 5 aliphatic heterocycles. The standard InChI is InChI=1S/2C2H8N2.B7H5O14.B4H4O9.3H2O/c2*3-1-2-4;8-1-13-2(9)16-6(15-1)19-5(12)20-7(21-6)17-3(10)14-4(11)18-7;5-1-9-3(7)11-2(6)12-4(8,10-1)13-3;;;/h2*1-4H2;8-12H;5-8H;3*1H2/q;;2*-2;;;/p+4. The van der Waals surface area contributed by atoms with Gasteiger partial charge in [-0.05, 0) is 0 Å². The van der Waals surface area contributed by atoms with E-state index in [1.165, 1.54) is 0 Å². The van der Waals surface area contributed by atoms with Crippen molar-refractivity contribution in [1.82, 2.24) is 0 Å². The lowest BCUT2D eigenvalue weighted by molar-refractivity contribution is -0.453. The molecule has 0 amide bonds. The van der Waals surface area contributed by atoms with Crippen molar-refractivity contribution in [2.45, 2.75) is 0 Å². The predicted molar refractivity (Wildman–Crippen MR) is 140 cm³/mol. The van der Waals surface area contributed by atoms with E-state index in [-0.39, 0.29) is 16.4 Å². The van der Waals surface area contributed by atoms with Gasteiger partial charge in [-0.1, -0.05) is 0 Å². The third-order valence-corrected chi connectivity index (χ3v) is 4.49. The van der Waals surface area contributed by atoms with Crippen molar-refractivity contribution in [3.63, 3.8) is 0 Å². The van der Waals surface area contributed by atoms with E-state index in [2.05, 4.69) is 82.4 Å². The van der Waals surface area contributed by atoms with Crippen molar-refractivity contribution in [3.05, 3.63) is 0 Å². The topological polar surface area (TPSA) is 516 Å². The van der Waals surface area contributed by atoms with Gasteiger partial charge < -0.3 is 149 Å². The predicted octanol–water partition coefficient (Wildman–Crippen LogP) is -17.7. The van der Waals surface area contributed by atoms with E-state index in [4.69, 9.17) is 14.6 Å². The minimum absolute atomic E-state index is 0. The average molecular weight is 674 g/mol. The van der Waals surface area contributed by atoms with Gasteiger partial charge in [-0.2, -0.15) is 0 Å². The molecule has 5 heterocycles. The summed E-state index contributed by atoms with van der Waals surface area (Å²) in [6.07, 6.45) is 0. The molecule has 5 rings (SSSR count). The third-order valence-electron chi connectivity index (χ3n) is 4.49. The molecule has 0 unspecified atom stereocenters. The molecule has 0 aliphatic carbocycles. The molecule has 0 aromatic carbocycles.